The average molecular weight is 713 g/mol. The van der Waals surface area contributed by atoms with Crippen LogP contribution in [0.25, 0.3) is 0 Å². The molecule has 0 amide bonds. The van der Waals surface area contributed by atoms with Gasteiger partial charge in [0.1, 0.15) is 42.9 Å². The fourth-order valence-corrected chi connectivity index (χ4v) is 5.80. The molecule has 1 heterocycles. The first-order valence-corrected chi connectivity index (χ1v) is 16.8. The van der Waals surface area contributed by atoms with Gasteiger partial charge in [-0.2, -0.15) is 0 Å². The van der Waals surface area contributed by atoms with Crippen molar-refractivity contribution in [1.29, 1.82) is 0 Å². The number of hydrogen-bond donors (Lipinski definition) is 6. The van der Waals surface area contributed by atoms with Gasteiger partial charge in [-0.15, -0.1) is 0 Å². The highest BCUT2D eigenvalue weighted by molar-refractivity contribution is 5.75. The van der Waals surface area contributed by atoms with Crippen molar-refractivity contribution in [2.24, 2.45) is 11.8 Å². The SMILES string of the molecule is COC(=O)C(C(O)C(O)[C@@H](CO)OC(C)(C)CCOC(C)(C)C(C(=O)OCC1CCCO1)C(O)C(O)[C@@H](CO)OC(C)(C)C)C(C)(C)OC. The number of hydrogen-bond acceptors (Lipinski definition) is 15. The zero-order chi connectivity index (χ0) is 38.0. The molecule has 1 aliphatic rings. The molecular formula is C34H64O15. The second-order valence-electron chi connectivity index (χ2n) is 15.3. The molecule has 0 bridgehead atoms. The summed E-state index contributed by atoms with van der Waals surface area (Å²) in [7, 11) is 2.49. The van der Waals surface area contributed by atoms with Crippen LogP contribution in [0.5, 0.6) is 0 Å². The normalized spacial score (nSPS) is 21.3. The minimum Gasteiger partial charge on any atom is -0.469 e. The van der Waals surface area contributed by atoms with E-state index in [4.69, 9.17) is 33.2 Å². The van der Waals surface area contributed by atoms with Crippen molar-refractivity contribution in [2.45, 2.75) is 147 Å². The van der Waals surface area contributed by atoms with Crippen LogP contribution >= 0.6 is 0 Å². The van der Waals surface area contributed by atoms with Crippen molar-refractivity contribution in [1.82, 2.24) is 0 Å². The Morgan fingerprint density at radius 3 is 1.69 bits per heavy atom. The van der Waals surface area contributed by atoms with Gasteiger partial charge in [0.15, 0.2) is 0 Å². The van der Waals surface area contributed by atoms with Gasteiger partial charge in [0.25, 0.3) is 0 Å². The van der Waals surface area contributed by atoms with Gasteiger partial charge in [-0.05, 0) is 81.6 Å². The summed E-state index contributed by atoms with van der Waals surface area (Å²) < 4.78 is 39.1. The van der Waals surface area contributed by atoms with Crippen LogP contribution < -0.4 is 0 Å². The average Bonchev–Trinajstić information content (AvgIpc) is 3.53. The zero-order valence-electron chi connectivity index (χ0n) is 31.2. The number of carbonyl (C=O) groups excluding carboxylic acids is 2. The molecule has 0 aromatic rings. The number of carbonyl (C=O) groups is 2. The molecule has 15 heteroatoms. The highest BCUT2D eigenvalue weighted by atomic mass is 16.6. The molecular weight excluding hydrogens is 648 g/mol. The number of esters is 2. The quantitative estimate of drug-likeness (QED) is 0.0842. The third-order valence-corrected chi connectivity index (χ3v) is 8.83. The Kier molecular flexibility index (Phi) is 18.0. The van der Waals surface area contributed by atoms with Gasteiger partial charge in [-0.25, -0.2) is 0 Å². The standard InChI is InChI=1S/C34H64O15/c1-31(2,3)48-21(17-35)25(37)28(40)24(30(42)46-19-20-13-12-15-45-20)34(8,9)47-16-14-32(4,5)49-22(18-36)26(38)27(39)23(29(41)43-10)33(6,7)44-11/h20-28,35-40H,12-19H2,1-11H3/t20?,21-,22-,23?,24?,25?,26?,27?,28?/m1/s1. The monoisotopic (exact) mass is 712 g/mol. The lowest BCUT2D eigenvalue weighted by molar-refractivity contribution is -0.205. The molecule has 290 valence electrons. The van der Waals surface area contributed by atoms with E-state index in [-0.39, 0.29) is 25.7 Å². The molecule has 49 heavy (non-hydrogen) atoms. The molecule has 0 radical (unpaired) electrons. The minimum absolute atomic E-state index is 0.0495. The Hall–Kier alpha value is -1.50. The van der Waals surface area contributed by atoms with E-state index in [1.54, 1.807) is 62.3 Å². The van der Waals surface area contributed by atoms with Crippen LogP contribution in [-0.2, 0) is 42.7 Å². The van der Waals surface area contributed by atoms with Crippen LogP contribution in [0.3, 0.4) is 0 Å². The molecule has 0 aromatic heterocycles. The maximum Gasteiger partial charge on any atom is 0.314 e. The lowest BCUT2D eigenvalue weighted by atomic mass is 9.82. The maximum atomic E-state index is 13.5. The molecule has 0 spiro atoms. The van der Waals surface area contributed by atoms with Crippen LogP contribution in [0, 0.1) is 11.8 Å². The fourth-order valence-electron chi connectivity index (χ4n) is 5.80. The first-order valence-electron chi connectivity index (χ1n) is 16.8. The smallest absolute Gasteiger partial charge is 0.314 e. The van der Waals surface area contributed by atoms with E-state index in [2.05, 4.69) is 0 Å². The van der Waals surface area contributed by atoms with Gasteiger partial charge in [-0.3, -0.25) is 9.59 Å². The molecule has 0 aromatic carbocycles. The first kappa shape index (κ1) is 45.5. The minimum atomic E-state index is -1.77. The summed E-state index contributed by atoms with van der Waals surface area (Å²) in [6.45, 7) is 13.8. The molecule has 6 N–H and O–H groups in total. The Balaban J connectivity index is 3.14. The Morgan fingerprint density at radius 1 is 0.755 bits per heavy atom. The largest absolute Gasteiger partial charge is 0.469 e. The molecule has 0 saturated carbocycles. The summed E-state index contributed by atoms with van der Waals surface area (Å²) in [5.41, 5.74) is -4.56. The Morgan fingerprint density at radius 2 is 1.27 bits per heavy atom. The van der Waals surface area contributed by atoms with E-state index >= 15 is 0 Å². The predicted octanol–water partition coefficient (Wildman–Crippen LogP) is 0.500. The van der Waals surface area contributed by atoms with Gasteiger partial charge in [0, 0.05) is 13.7 Å². The summed E-state index contributed by atoms with van der Waals surface area (Å²) in [5.74, 6) is -4.42. The van der Waals surface area contributed by atoms with Crippen molar-refractivity contribution >= 4 is 11.9 Å². The van der Waals surface area contributed by atoms with Gasteiger partial charge >= 0.3 is 11.9 Å². The number of rotatable bonds is 22. The number of methoxy groups -OCH3 is 2. The van der Waals surface area contributed by atoms with Crippen molar-refractivity contribution < 1.29 is 73.4 Å². The van der Waals surface area contributed by atoms with E-state index in [0.29, 0.717) is 13.0 Å². The van der Waals surface area contributed by atoms with Gasteiger partial charge < -0.3 is 63.8 Å². The van der Waals surface area contributed by atoms with Crippen LogP contribution in [0.15, 0.2) is 0 Å². The molecule has 0 aliphatic carbocycles. The van der Waals surface area contributed by atoms with Crippen molar-refractivity contribution in [3.8, 4) is 0 Å². The van der Waals surface area contributed by atoms with Crippen molar-refractivity contribution in [3.05, 3.63) is 0 Å². The van der Waals surface area contributed by atoms with Crippen LogP contribution in [-0.4, -0.2) is 155 Å². The second kappa shape index (κ2) is 19.4. The maximum absolute atomic E-state index is 13.5. The zero-order valence-corrected chi connectivity index (χ0v) is 31.2. The summed E-state index contributed by atoms with van der Waals surface area (Å²) in [6.07, 6.45) is -8.12. The molecule has 9 atom stereocenters. The van der Waals surface area contributed by atoms with Gasteiger partial charge in [0.2, 0.25) is 0 Å². The van der Waals surface area contributed by atoms with Crippen LogP contribution in [0.4, 0.5) is 0 Å². The summed E-state index contributed by atoms with van der Waals surface area (Å²) >= 11 is 0. The summed E-state index contributed by atoms with van der Waals surface area (Å²) in [6, 6.07) is 0. The third kappa shape index (κ3) is 13.9. The number of aliphatic hydroxyl groups is 6. The number of aliphatic hydroxyl groups excluding tert-OH is 6. The lowest BCUT2D eigenvalue weighted by Gasteiger charge is -2.41. The first-order chi connectivity index (χ1) is 22.5. The summed E-state index contributed by atoms with van der Waals surface area (Å²) in [5, 5.41) is 64.5. The molecule has 15 nitrogen and oxygen atoms in total. The second-order valence-corrected chi connectivity index (χ2v) is 15.3. The van der Waals surface area contributed by atoms with E-state index in [9.17, 15) is 40.2 Å². The van der Waals surface area contributed by atoms with Gasteiger partial charge in [0.05, 0.1) is 67.6 Å². The van der Waals surface area contributed by atoms with Crippen LogP contribution in [0.1, 0.15) is 81.6 Å². The van der Waals surface area contributed by atoms with E-state index < -0.39 is 96.0 Å². The fraction of sp³-hybridized carbons (Fsp3) is 0.941. The van der Waals surface area contributed by atoms with E-state index in [1.165, 1.54) is 7.11 Å². The van der Waals surface area contributed by atoms with Crippen molar-refractivity contribution in [3.63, 3.8) is 0 Å². The molecule has 1 saturated heterocycles. The van der Waals surface area contributed by atoms with Gasteiger partial charge in [-0.1, -0.05) is 0 Å². The Labute approximate surface area is 291 Å². The third-order valence-electron chi connectivity index (χ3n) is 8.83. The highest BCUT2D eigenvalue weighted by Gasteiger charge is 2.49. The van der Waals surface area contributed by atoms with E-state index in [1.807, 2.05) is 0 Å². The topological polar surface area (TPSA) is 220 Å². The van der Waals surface area contributed by atoms with Crippen molar-refractivity contribution in [2.75, 3.05) is 47.3 Å². The molecule has 7 unspecified atom stereocenters. The Bertz CT molecular complexity index is 989. The molecule has 1 aliphatic heterocycles. The molecule has 1 fully saturated rings. The van der Waals surface area contributed by atoms with E-state index in [0.717, 1.165) is 13.5 Å². The lowest BCUT2D eigenvalue weighted by Crippen LogP contribution is -2.56. The van der Waals surface area contributed by atoms with Crippen LogP contribution in [0.2, 0.25) is 0 Å². The highest BCUT2D eigenvalue weighted by Crippen LogP contribution is 2.33. The predicted molar refractivity (Wildman–Crippen MR) is 176 cm³/mol. The number of ether oxygens (including phenoxy) is 7. The molecule has 1 rings (SSSR count). The summed E-state index contributed by atoms with van der Waals surface area (Å²) in [4.78, 5) is 26.0.